The highest BCUT2D eigenvalue weighted by Crippen LogP contribution is 2.22. The summed E-state index contributed by atoms with van der Waals surface area (Å²) >= 11 is 0. The largest absolute Gasteiger partial charge is 0.353 e. The van der Waals surface area contributed by atoms with Crippen molar-refractivity contribution in [3.63, 3.8) is 0 Å². The molecular weight excluding hydrogens is 340 g/mol. The predicted molar refractivity (Wildman–Crippen MR) is 107 cm³/mol. The quantitative estimate of drug-likeness (QED) is 0.845. The monoisotopic (exact) mass is 366 g/mol. The first-order valence-corrected chi connectivity index (χ1v) is 9.25. The summed E-state index contributed by atoms with van der Waals surface area (Å²) in [5.41, 5.74) is 3.98. The molecule has 0 bridgehead atoms. The normalized spacial score (nSPS) is 14.2. The van der Waals surface area contributed by atoms with E-state index >= 15 is 0 Å². The molecule has 2 heterocycles. The number of carbonyl (C=O) groups is 2. The van der Waals surface area contributed by atoms with E-state index in [4.69, 9.17) is 0 Å². The van der Waals surface area contributed by atoms with Crippen LogP contribution in [-0.2, 0) is 9.59 Å². The van der Waals surface area contributed by atoms with Crippen LogP contribution in [0.4, 0.5) is 11.5 Å². The van der Waals surface area contributed by atoms with Crippen molar-refractivity contribution in [3.8, 4) is 0 Å². The number of aromatic nitrogens is 1. The number of benzene rings is 1. The zero-order valence-electron chi connectivity index (χ0n) is 16.2. The second-order valence-corrected chi connectivity index (χ2v) is 7.05. The molecule has 1 aromatic carbocycles. The molecule has 1 aliphatic heterocycles. The molecule has 1 saturated heterocycles. The Balaban J connectivity index is 1.53. The SMILES string of the molecule is Cc1cc(C)c(NC(=O)CC(=O)N2CCN(c3ccccn3)CC2)c(C)c1. The molecule has 0 saturated carbocycles. The molecular formula is C21H26N4O2. The van der Waals surface area contributed by atoms with Gasteiger partial charge in [-0.1, -0.05) is 23.8 Å². The van der Waals surface area contributed by atoms with E-state index in [0.29, 0.717) is 13.1 Å². The first kappa shape index (κ1) is 18.9. The lowest BCUT2D eigenvalue weighted by Gasteiger charge is -2.35. The average Bonchev–Trinajstić information content (AvgIpc) is 2.65. The molecule has 0 atom stereocenters. The van der Waals surface area contributed by atoms with E-state index in [2.05, 4.69) is 15.2 Å². The maximum atomic E-state index is 12.5. The fourth-order valence-corrected chi connectivity index (χ4v) is 3.54. The molecule has 2 amide bonds. The number of pyridine rings is 1. The molecule has 1 aromatic heterocycles. The highest BCUT2D eigenvalue weighted by molar-refractivity contribution is 6.04. The second-order valence-electron chi connectivity index (χ2n) is 7.05. The van der Waals surface area contributed by atoms with Crippen LogP contribution >= 0.6 is 0 Å². The van der Waals surface area contributed by atoms with Crippen molar-refractivity contribution in [1.29, 1.82) is 0 Å². The number of nitrogens with one attached hydrogen (secondary N) is 1. The lowest BCUT2D eigenvalue weighted by molar-refractivity contribution is -0.134. The Morgan fingerprint density at radius 1 is 1.04 bits per heavy atom. The van der Waals surface area contributed by atoms with Crippen LogP contribution in [0.25, 0.3) is 0 Å². The van der Waals surface area contributed by atoms with Gasteiger partial charge in [-0.2, -0.15) is 0 Å². The van der Waals surface area contributed by atoms with Gasteiger partial charge in [0.1, 0.15) is 12.2 Å². The van der Waals surface area contributed by atoms with Gasteiger partial charge in [0.15, 0.2) is 0 Å². The number of aryl methyl sites for hydroxylation is 3. The van der Waals surface area contributed by atoms with Crippen molar-refractivity contribution in [2.75, 3.05) is 36.4 Å². The lowest BCUT2D eigenvalue weighted by Crippen LogP contribution is -2.49. The van der Waals surface area contributed by atoms with Gasteiger partial charge < -0.3 is 15.1 Å². The van der Waals surface area contributed by atoms with Crippen molar-refractivity contribution in [2.45, 2.75) is 27.2 Å². The number of carbonyl (C=O) groups excluding carboxylic acids is 2. The van der Waals surface area contributed by atoms with Crippen LogP contribution in [0.5, 0.6) is 0 Å². The Morgan fingerprint density at radius 3 is 2.30 bits per heavy atom. The van der Waals surface area contributed by atoms with Crippen LogP contribution < -0.4 is 10.2 Å². The third-order valence-corrected chi connectivity index (χ3v) is 4.86. The molecule has 0 unspecified atom stereocenters. The molecule has 142 valence electrons. The third-order valence-electron chi connectivity index (χ3n) is 4.86. The Hall–Kier alpha value is -2.89. The number of piperazine rings is 1. The minimum absolute atomic E-state index is 0.129. The van der Waals surface area contributed by atoms with Crippen LogP contribution in [0.1, 0.15) is 23.1 Å². The molecule has 6 nitrogen and oxygen atoms in total. The Kier molecular flexibility index (Phi) is 5.74. The van der Waals surface area contributed by atoms with Crippen LogP contribution in [0, 0.1) is 20.8 Å². The summed E-state index contributed by atoms with van der Waals surface area (Å²) in [5.74, 6) is 0.533. The topological polar surface area (TPSA) is 65.5 Å². The smallest absolute Gasteiger partial charge is 0.233 e. The molecule has 0 radical (unpaired) electrons. The van der Waals surface area contributed by atoms with E-state index in [1.165, 1.54) is 0 Å². The molecule has 3 rings (SSSR count). The zero-order valence-corrected chi connectivity index (χ0v) is 16.2. The fraction of sp³-hybridized carbons (Fsp3) is 0.381. The Bertz CT molecular complexity index is 804. The van der Waals surface area contributed by atoms with Gasteiger partial charge in [0.05, 0.1) is 0 Å². The van der Waals surface area contributed by atoms with Crippen molar-refractivity contribution in [1.82, 2.24) is 9.88 Å². The van der Waals surface area contributed by atoms with Gasteiger partial charge >= 0.3 is 0 Å². The predicted octanol–water partition coefficient (Wildman–Crippen LogP) is 2.68. The van der Waals surface area contributed by atoms with Crippen LogP contribution in [-0.4, -0.2) is 47.9 Å². The summed E-state index contributed by atoms with van der Waals surface area (Å²) in [7, 11) is 0. The summed E-state index contributed by atoms with van der Waals surface area (Å²) in [6.45, 7) is 8.61. The number of nitrogens with zero attached hydrogens (tertiary/aromatic N) is 3. The van der Waals surface area contributed by atoms with E-state index in [1.54, 1.807) is 11.1 Å². The molecule has 2 aromatic rings. The number of anilines is 2. The van der Waals surface area contributed by atoms with Crippen molar-refractivity contribution in [2.24, 2.45) is 0 Å². The maximum Gasteiger partial charge on any atom is 0.233 e. The summed E-state index contributed by atoms with van der Waals surface area (Å²) in [4.78, 5) is 33.1. The van der Waals surface area contributed by atoms with Gasteiger partial charge in [0.2, 0.25) is 11.8 Å². The second kappa shape index (κ2) is 8.20. The first-order valence-electron chi connectivity index (χ1n) is 9.25. The van der Waals surface area contributed by atoms with E-state index in [9.17, 15) is 9.59 Å². The van der Waals surface area contributed by atoms with Crippen molar-refractivity contribution >= 4 is 23.3 Å². The molecule has 1 aliphatic rings. The van der Waals surface area contributed by atoms with Gasteiger partial charge in [-0.3, -0.25) is 9.59 Å². The number of rotatable bonds is 4. The average molecular weight is 366 g/mol. The Labute approximate surface area is 160 Å². The van der Waals surface area contributed by atoms with Crippen molar-refractivity contribution < 1.29 is 9.59 Å². The van der Waals surface area contributed by atoms with E-state index in [0.717, 1.165) is 41.3 Å². The van der Waals surface area contributed by atoms with Gasteiger partial charge in [-0.05, 0) is 44.0 Å². The third kappa shape index (κ3) is 4.64. The van der Waals surface area contributed by atoms with Crippen molar-refractivity contribution in [3.05, 3.63) is 53.2 Å². The summed E-state index contributed by atoms with van der Waals surface area (Å²) < 4.78 is 0. The highest BCUT2D eigenvalue weighted by atomic mass is 16.2. The van der Waals surface area contributed by atoms with Gasteiger partial charge in [0, 0.05) is 38.1 Å². The van der Waals surface area contributed by atoms with E-state index in [-0.39, 0.29) is 18.2 Å². The minimum Gasteiger partial charge on any atom is -0.353 e. The van der Waals surface area contributed by atoms with Gasteiger partial charge in [-0.25, -0.2) is 4.98 Å². The van der Waals surface area contributed by atoms with E-state index < -0.39 is 0 Å². The summed E-state index contributed by atoms with van der Waals surface area (Å²) in [5, 5.41) is 2.90. The Morgan fingerprint density at radius 2 is 1.70 bits per heavy atom. The lowest BCUT2D eigenvalue weighted by atomic mass is 10.0. The number of hydrogen-bond donors (Lipinski definition) is 1. The summed E-state index contributed by atoms with van der Waals surface area (Å²) in [6.07, 6.45) is 1.64. The molecule has 1 N–H and O–H groups in total. The molecule has 0 aliphatic carbocycles. The van der Waals surface area contributed by atoms with Crippen LogP contribution in [0.15, 0.2) is 36.5 Å². The number of amides is 2. The number of hydrogen-bond acceptors (Lipinski definition) is 4. The first-order chi connectivity index (χ1) is 12.9. The summed E-state index contributed by atoms with van der Waals surface area (Å²) in [6, 6.07) is 9.87. The van der Waals surface area contributed by atoms with Gasteiger partial charge in [-0.15, -0.1) is 0 Å². The van der Waals surface area contributed by atoms with Crippen LogP contribution in [0.2, 0.25) is 0 Å². The minimum atomic E-state index is -0.262. The van der Waals surface area contributed by atoms with Crippen LogP contribution in [0.3, 0.4) is 0 Å². The fourth-order valence-electron chi connectivity index (χ4n) is 3.54. The standard InChI is InChI=1S/C21H26N4O2/c1-15-12-16(2)21(17(3)13-15)23-19(26)14-20(27)25-10-8-24(9-11-25)18-6-4-5-7-22-18/h4-7,12-13H,8-11,14H2,1-3H3,(H,23,26). The molecule has 6 heteroatoms. The van der Waals surface area contributed by atoms with E-state index in [1.807, 2.05) is 51.1 Å². The molecule has 27 heavy (non-hydrogen) atoms. The molecule has 1 fully saturated rings. The highest BCUT2D eigenvalue weighted by Gasteiger charge is 2.23. The zero-order chi connectivity index (χ0) is 19.4. The van der Waals surface area contributed by atoms with Gasteiger partial charge in [0.25, 0.3) is 0 Å². The maximum absolute atomic E-state index is 12.5. The molecule has 0 spiro atoms.